The van der Waals surface area contributed by atoms with Crippen LogP contribution in [0.4, 0.5) is 0 Å². The highest BCUT2D eigenvalue weighted by Gasteiger charge is 2.20. The molecule has 1 aliphatic heterocycles. The molecule has 3 aromatic rings. The summed E-state index contributed by atoms with van der Waals surface area (Å²) < 4.78 is 2.23. The topological polar surface area (TPSA) is 29.9 Å². The van der Waals surface area contributed by atoms with Crippen molar-refractivity contribution < 1.29 is 0 Å². The Hall–Kier alpha value is -2.13. The second-order valence-electron chi connectivity index (χ2n) is 5.34. The number of fused-ring (bicyclic) bond motifs is 1. The van der Waals surface area contributed by atoms with Gasteiger partial charge in [-0.25, -0.2) is 4.98 Å². The minimum atomic E-state index is 0.427. The van der Waals surface area contributed by atoms with Crippen LogP contribution >= 0.6 is 0 Å². The number of aromatic nitrogens is 2. The van der Waals surface area contributed by atoms with Crippen molar-refractivity contribution in [3.63, 3.8) is 0 Å². The van der Waals surface area contributed by atoms with Gasteiger partial charge in [-0.05, 0) is 30.8 Å². The van der Waals surface area contributed by atoms with E-state index in [2.05, 4.69) is 57.3 Å². The molecule has 1 saturated heterocycles. The van der Waals surface area contributed by atoms with E-state index in [9.17, 15) is 0 Å². The third-order valence-electron chi connectivity index (χ3n) is 4.11. The maximum atomic E-state index is 4.37. The smallest absolute Gasteiger partial charge is 0.0994 e. The van der Waals surface area contributed by atoms with E-state index in [0.717, 1.165) is 6.54 Å². The Morgan fingerprint density at radius 3 is 2.90 bits per heavy atom. The van der Waals surface area contributed by atoms with Crippen LogP contribution in [0.15, 0.2) is 55.0 Å². The normalized spacial score (nSPS) is 18.7. The molecule has 20 heavy (non-hydrogen) atoms. The summed E-state index contributed by atoms with van der Waals surface area (Å²) in [5, 5.41) is 6.09. The lowest BCUT2D eigenvalue weighted by Crippen LogP contribution is -2.16. The van der Waals surface area contributed by atoms with Gasteiger partial charge in [-0.15, -0.1) is 0 Å². The van der Waals surface area contributed by atoms with E-state index in [1.807, 2.05) is 12.5 Å². The molecule has 1 atom stereocenters. The first-order valence-electron chi connectivity index (χ1n) is 7.17. The molecule has 1 unspecified atom stereocenters. The van der Waals surface area contributed by atoms with Gasteiger partial charge in [0.25, 0.3) is 0 Å². The molecule has 0 radical (unpaired) electrons. The summed E-state index contributed by atoms with van der Waals surface area (Å²) in [5.74, 6) is 0. The number of imidazole rings is 1. The van der Waals surface area contributed by atoms with Gasteiger partial charge in [0.15, 0.2) is 0 Å². The molecule has 1 aromatic heterocycles. The predicted octanol–water partition coefficient (Wildman–Crippen LogP) is 3.45. The summed E-state index contributed by atoms with van der Waals surface area (Å²) in [6.07, 6.45) is 6.35. The van der Waals surface area contributed by atoms with Crippen LogP contribution in [0.2, 0.25) is 0 Å². The van der Waals surface area contributed by atoms with Crippen molar-refractivity contribution in [1.29, 1.82) is 0 Å². The van der Waals surface area contributed by atoms with Gasteiger partial charge in [0, 0.05) is 11.4 Å². The fraction of sp³-hybridized carbons (Fsp3) is 0.235. The zero-order valence-electron chi connectivity index (χ0n) is 11.3. The zero-order chi connectivity index (χ0) is 13.4. The van der Waals surface area contributed by atoms with E-state index in [-0.39, 0.29) is 0 Å². The van der Waals surface area contributed by atoms with Crippen LogP contribution in [0.1, 0.15) is 24.6 Å². The van der Waals surface area contributed by atoms with Crippen LogP contribution in [0.25, 0.3) is 16.5 Å². The average molecular weight is 263 g/mol. The number of nitrogens with zero attached hydrogens (tertiary/aromatic N) is 2. The molecule has 100 valence electrons. The quantitative estimate of drug-likeness (QED) is 0.767. The molecule has 1 N–H and O–H groups in total. The Labute approximate surface area is 118 Å². The Balaban J connectivity index is 1.89. The molecular weight excluding hydrogens is 246 g/mol. The first-order valence-corrected chi connectivity index (χ1v) is 7.17. The van der Waals surface area contributed by atoms with Gasteiger partial charge in [-0.2, -0.15) is 0 Å². The van der Waals surface area contributed by atoms with Gasteiger partial charge >= 0.3 is 0 Å². The van der Waals surface area contributed by atoms with Crippen LogP contribution in [-0.2, 0) is 0 Å². The zero-order valence-corrected chi connectivity index (χ0v) is 11.3. The highest BCUT2D eigenvalue weighted by Crippen LogP contribution is 2.28. The van der Waals surface area contributed by atoms with Crippen molar-refractivity contribution in [2.75, 3.05) is 6.54 Å². The number of hydrogen-bond acceptors (Lipinski definition) is 2. The van der Waals surface area contributed by atoms with Crippen molar-refractivity contribution in [2.45, 2.75) is 18.9 Å². The standard InChI is InChI=1S/C17H17N3/c1-2-7-14-13(5-1)6-3-9-16(14)20-12-18-11-17(20)15-8-4-10-19-15/h1-3,5-7,9,11-12,15,19H,4,8,10H2. The third kappa shape index (κ3) is 1.82. The molecule has 4 rings (SSSR count). The number of benzene rings is 2. The molecule has 3 nitrogen and oxygen atoms in total. The first-order chi connectivity index (χ1) is 9.93. The SMILES string of the molecule is c1ccc2c(-n3cncc3C3CCCN3)cccc2c1. The van der Waals surface area contributed by atoms with Gasteiger partial charge < -0.3 is 9.88 Å². The average Bonchev–Trinajstić information content (AvgIpc) is 3.17. The lowest BCUT2D eigenvalue weighted by Gasteiger charge is -2.15. The van der Waals surface area contributed by atoms with Gasteiger partial charge in [-0.1, -0.05) is 36.4 Å². The van der Waals surface area contributed by atoms with Gasteiger partial charge in [0.05, 0.1) is 23.9 Å². The Bertz CT molecular complexity index is 733. The second-order valence-corrected chi connectivity index (χ2v) is 5.34. The van der Waals surface area contributed by atoms with E-state index in [4.69, 9.17) is 0 Å². The number of rotatable bonds is 2. The maximum Gasteiger partial charge on any atom is 0.0994 e. The molecule has 0 amide bonds. The summed E-state index contributed by atoms with van der Waals surface area (Å²) in [7, 11) is 0. The molecular formula is C17H17N3. The van der Waals surface area contributed by atoms with Crippen molar-refractivity contribution in [1.82, 2.24) is 14.9 Å². The van der Waals surface area contributed by atoms with Gasteiger partial charge in [-0.3, -0.25) is 0 Å². The van der Waals surface area contributed by atoms with Crippen molar-refractivity contribution in [3.05, 3.63) is 60.7 Å². The molecule has 0 bridgehead atoms. The molecule has 2 aromatic carbocycles. The number of hydrogen-bond donors (Lipinski definition) is 1. The summed E-state index contributed by atoms with van der Waals surface area (Å²) in [6, 6.07) is 15.4. The van der Waals surface area contributed by atoms with E-state index in [1.54, 1.807) is 0 Å². The van der Waals surface area contributed by atoms with Crippen LogP contribution in [-0.4, -0.2) is 16.1 Å². The molecule has 1 aliphatic rings. The maximum absolute atomic E-state index is 4.37. The van der Waals surface area contributed by atoms with Crippen LogP contribution < -0.4 is 5.32 Å². The summed E-state index contributed by atoms with van der Waals surface area (Å²) in [5.41, 5.74) is 2.48. The Morgan fingerprint density at radius 1 is 1.10 bits per heavy atom. The highest BCUT2D eigenvalue weighted by molar-refractivity contribution is 5.90. The Kier molecular flexibility index (Phi) is 2.78. The highest BCUT2D eigenvalue weighted by atomic mass is 15.1. The van der Waals surface area contributed by atoms with Crippen molar-refractivity contribution in [3.8, 4) is 5.69 Å². The third-order valence-corrected chi connectivity index (χ3v) is 4.11. The molecule has 0 spiro atoms. The molecule has 3 heteroatoms. The van der Waals surface area contributed by atoms with Gasteiger partial charge in [0.2, 0.25) is 0 Å². The van der Waals surface area contributed by atoms with Gasteiger partial charge in [0.1, 0.15) is 0 Å². The lowest BCUT2D eigenvalue weighted by molar-refractivity contribution is 0.616. The molecule has 2 heterocycles. The lowest BCUT2D eigenvalue weighted by atomic mass is 10.1. The summed E-state index contributed by atoms with van der Waals surface area (Å²) in [4.78, 5) is 4.37. The Morgan fingerprint density at radius 2 is 2.00 bits per heavy atom. The minimum Gasteiger partial charge on any atom is -0.309 e. The van der Waals surface area contributed by atoms with Crippen molar-refractivity contribution >= 4 is 10.8 Å². The fourth-order valence-corrected chi connectivity index (χ4v) is 3.12. The summed E-state index contributed by atoms with van der Waals surface area (Å²) >= 11 is 0. The largest absolute Gasteiger partial charge is 0.309 e. The van der Waals surface area contributed by atoms with Crippen molar-refractivity contribution in [2.24, 2.45) is 0 Å². The molecule has 0 saturated carbocycles. The van der Waals surface area contributed by atoms with Crippen LogP contribution in [0.5, 0.6) is 0 Å². The van der Waals surface area contributed by atoms with E-state index < -0.39 is 0 Å². The predicted molar refractivity (Wildman–Crippen MR) is 81.0 cm³/mol. The molecule has 1 fully saturated rings. The number of nitrogens with one attached hydrogen (secondary N) is 1. The first kappa shape index (κ1) is 11.7. The summed E-state index contributed by atoms with van der Waals surface area (Å²) in [6.45, 7) is 1.10. The van der Waals surface area contributed by atoms with Crippen LogP contribution in [0.3, 0.4) is 0 Å². The monoisotopic (exact) mass is 263 g/mol. The second kappa shape index (κ2) is 4.76. The van der Waals surface area contributed by atoms with Crippen LogP contribution in [0, 0.1) is 0 Å². The molecule has 0 aliphatic carbocycles. The van der Waals surface area contributed by atoms with E-state index in [0.29, 0.717) is 6.04 Å². The van der Waals surface area contributed by atoms with E-state index in [1.165, 1.54) is 35.0 Å². The minimum absolute atomic E-state index is 0.427. The fourth-order valence-electron chi connectivity index (χ4n) is 3.12. The van der Waals surface area contributed by atoms with E-state index >= 15 is 0 Å².